The summed E-state index contributed by atoms with van der Waals surface area (Å²) in [5, 5.41) is -0.235. The summed E-state index contributed by atoms with van der Waals surface area (Å²) >= 11 is 0. The Labute approximate surface area is 141 Å². The summed E-state index contributed by atoms with van der Waals surface area (Å²) in [6.07, 6.45) is 2.77. The van der Waals surface area contributed by atoms with E-state index in [-0.39, 0.29) is 17.1 Å². The highest BCUT2D eigenvalue weighted by Crippen LogP contribution is 2.26. The fourth-order valence-electron chi connectivity index (χ4n) is 2.51. The van der Waals surface area contributed by atoms with Crippen LogP contribution in [0.25, 0.3) is 0 Å². The first-order valence-electron chi connectivity index (χ1n) is 7.74. The van der Waals surface area contributed by atoms with Crippen LogP contribution in [-0.4, -0.2) is 43.8 Å². The van der Waals surface area contributed by atoms with Gasteiger partial charge in [-0.1, -0.05) is 18.2 Å². The van der Waals surface area contributed by atoms with E-state index in [1.54, 1.807) is 18.2 Å². The van der Waals surface area contributed by atoms with Crippen LogP contribution in [0.5, 0.6) is 11.6 Å². The molecular formula is C16H20N4O3S. The fourth-order valence-corrected chi connectivity index (χ4v) is 3.03. The van der Waals surface area contributed by atoms with Crippen LogP contribution in [0.3, 0.4) is 0 Å². The zero-order valence-corrected chi connectivity index (χ0v) is 14.2. The molecule has 0 spiro atoms. The molecule has 0 radical (unpaired) electrons. The van der Waals surface area contributed by atoms with Crippen molar-refractivity contribution in [3.8, 4) is 11.6 Å². The number of hydrogen-bond acceptors (Lipinski definition) is 7. The van der Waals surface area contributed by atoms with Crippen molar-refractivity contribution in [2.24, 2.45) is 5.73 Å². The molecule has 1 aliphatic rings. The number of piperidine rings is 1. The summed E-state index contributed by atoms with van der Waals surface area (Å²) in [5.74, 6) is 1.34. The Morgan fingerprint density at radius 3 is 2.46 bits per heavy atom. The zero-order valence-electron chi connectivity index (χ0n) is 13.4. The summed E-state index contributed by atoms with van der Waals surface area (Å²) in [6.45, 7) is 1.46. The van der Waals surface area contributed by atoms with Gasteiger partial charge in [-0.15, -0.1) is 0 Å². The lowest BCUT2D eigenvalue weighted by Gasteiger charge is -2.31. The van der Waals surface area contributed by atoms with Gasteiger partial charge >= 0.3 is 0 Å². The predicted molar refractivity (Wildman–Crippen MR) is 91.1 cm³/mol. The molecule has 1 fully saturated rings. The minimum Gasteiger partial charge on any atom is -0.439 e. The molecule has 128 valence electrons. The number of ether oxygens (including phenoxy) is 1. The topological polar surface area (TPSA) is 98.4 Å². The van der Waals surface area contributed by atoms with Crippen LogP contribution < -0.4 is 15.4 Å². The van der Waals surface area contributed by atoms with E-state index in [1.165, 1.54) is 0 Å². The van der Waals surface area contributed by atoms with Crippen molar-refractivity contribution in [2.45, 2.75) is 24.0 Å². The number of benzene rings is 1. The predicted octanol–water partition coefficient (Wildman–Crippen LogP) is 1.60. The third-order valence-electron chi connectivity index (χ3n) is 3.83. The lowest BCUT2D eigenvalue weighted by atomic mass is 10.1. The van der Waals surface area contributed by atoms with Gasteiger partial charge in [-0.25, -0.2) is 13.4 Å². The fraction of sp³-hybridized carbons (Fsp3) is 0.375. The van der Waals surface area contributed by atoms with Gasteiger partial charge in [-0.05, 0) is 25.0 Å². The van der Waals surface area contributed by atoms with E-state index in [9.17, 15) is 8.42 Å². The molecule has 1 aromatic heterocycles. The lowest BCUT2D eigenvalue weighted by molar-refractivity contribution is 0.450. The molecular weight excluding hydrogens is 328 g/mol. The second kappa shape index (κ2) is 6.74. The highest BCUT2D eigenvalue weighted by Gasteiger charge is 2.21. The number of para-hydroxylation sites is 1. The van der Waals surface area contributed by atoms with Crippen molar-refractivity contribution in [1.29, 1.82) is 0 Å². The number of rotatable bonds is 4. The summed E-state index contributed by atoms with van der Waals surface area (Å²) in [4.78, 5) is 10.2. The van der Waals surface area contributed by atoms with Crippen LogP contribution in [0.15, 0.2) is 41.6 Å². The molecule has 24 heavy (non-hydrogen) atoms. The van der Waals surface area contributed by atoms with Crippen molar-refractivity contribution < 1.29 is 13.2 Å². The molecule has 2 N–H and O–H groups in total. The van der Waals surface area contributed by atoms with Crippen LogP contribution in [0, 0.1) is 0 Å². The van der Waals surface area contributed by atoms with E-state index >= 15 is 0 Å². The van der Waals surface area contributed by atoms with Gasteiger partial charge in [0.05, 0.1) is 0 Å². The minimum atomic E-state index is -3.54. The number of nitrogens with two attached hydrogens (primary N) is 1. The number of nitrogens with zero attached hydrogens (tertiary/aromatic N) is 3. The SMILES string of the molecule is CS(=O)(=O)c1nc(Oc2ccccc2)cc(N2CCC(N)CC2)n1. The highest BCUT2D eigenvalue weighted by atomic mass is 32.2. The summed E-state index contributed by atoms with van der Waals surface area (Å²) in [6, 6.07) is 10.9. The molecule has 0 amide bonds. The Kier molecular flexibility index (Phi) is 4.68. The molecule has 0 saturated carbocycles. The van der Waals surface area contributed by atoms with Gasteiger partial charge in [-0.3, -0.25) is 0 Å². The third kappa shape index (κ3) is 4.01. The average Bonchev–Trinajstić information content (AvgIpc) is 2.55. The van der Waals surface area contributed by atoms with Crippen LogP contribution in [0.2, 0.25) is 0 Å². The number of hydrogen-bond donors (Lipinski definition) is 1. The molecule has 2 heterocycles. The van der Waals surface area contributed by atoms with Gasteiger partial charge in [0.25, 0.3) is 5.16 Å². The van der Waals surface area contributed by atoms with Gasteiger partial charge in [0, 0.05) is 31.5 Å². The van der Waals surface area contributed by atoms with Crippen LogP contribution in [-0.2, 0) is 9.84 Å². The van der Waals surface area contributed by atoms with E-state index in [0.717, 1.165) is 32.2 Å². The standard InChI is InChI=1S/C16H20N4O3S/c1-24(21,22)16-18-14(20-9-7-12(17)8-10-20)11-15(19-16)23-13-5-3-2-4-6-13/h2-6,11-12H,7-10,17H2,1H3. The van der Waals surface area contributed by atoms with Gasteiger partial charge in [0.2, 0.25) is 15.7 Å². The van der Waals surface area contributed by atoms with Gasteiger partial charge in [-0.2, -0.15) is 4.98 Å². The van der Waals surface area contributed by atoms with Crippen molar-refractivity contribution >= 4 is 15.7 Å². The third-order valence-corrected chi connectivity index (χ3v) is 4.68. The molecule has 1 aromatic carbocycles. The molecule has 0 atom stereocenters. The van der Waals surface area contributed by atoms with Gasteiger partial charge < -0.3 is 15.4 Å². The monoisotopic (exact) mass is 348 g/mol. The van der Waals surface area contributed by atoms with Crippen molar-refractivity contribution in [1.82, 2.24) is 9.97 Å². The second-order valence-electron chi connectivity index (χ2n) is 5.86. The molecule has 0 bridgehead atoms. The first kappa shape index (κ1) is 16.7. The molecule has 3 rings (SSSR count). The average molecular weight is 348 g/mol. The zero-order chi connectivity index (χ0) is 17.2. The van der Waals surface area contributed by atoms with Gasteiger partial charge in [0.15, 0.2) is 0 Å². The van der Waals surface area contributed by atoms with Crippen molar-refractivity contribution in [3.63, 3.8) is 0 Å². The van der Waals surface area contributed by atoms with Gasteiger partial charge in [0.1, 0.15) is 11.6 Å². The number of aromatic nitrogens is 2. The van der Waals surface area contributed by atoms with Crippen LogP contribution >= 0.6 is 0 Å². The van der Waals surface area contributed by atoms with E-state index in [4.69, 9.17) is 10.5 Å². The van der Waals surface area contributed by atoms with Crippen LogP contribution in [0.4, 0.5) is 5.82 Å². The Balaban J connectivity index is 1.95. The molecule has 0 aliphatic carbocycles. The maximum absolute atomic E-state index is 11.9. The largest absolute Gasteiger partial charge is 0.439 e. The maximum Gasteiger partial charge on any atom is 0.252 e. The maximum atomic E-state index is 11.9. The Morgan fingerprint density at radius 1 is 1.17 bits per heavy atom. The summed E-state index contributed by atoms with van der Waals surface area (Å²) in [5.41, 5.74) is 5.93. The molecule has 0 unspecified atom stereocenters. The molecule has 1 saturated heterocycles. The Bertz CT molecular complexity index is 803. The molecule has 8 heteroatoms. The van der Waals surface area contributed by atoms with Crippen molar-refractivity contribution in [3.05, 3.63) is 36.4 Å². The normalized spacial score (nSPS) is 16.2. The number of anilines is 1. The van der Waals surface area contributed by atoms with Crippen molar-refractivity contribution in [2.75, 3.05) is 24.2 Å². The Morgan fingerprint density at radius 2 is 1.83 bits per heavy atom. The molecule has 2 aromatic rings. The summed E-state index contributed by atoms with van der Waals surface area (Å²) in [7, 11) is -3.54. The first-order chi connectivity index (χ1) is 11.4. The van der Waals surface area contributed by atoms with E-state index < -0.39 is 9.84 Å². The smallest absolute Gasteiger partial charge is 0.252 e. The minimum absolute atomic E-state index is 0.178. The van der Waals surface area contributed by atoms with E-state index in [0.29, 0.717) is 11.6 Å². The molecule has 7 nitrogen and oxygen atoms in total. The quantitative estimate of drug-likeness (QED) is 0.838. The number of sulfone groups is 1. The van der Waals surface area contributed by atoms with E-state index in [1.807, 2.05) is 23.1 Å². The molecule has 1 aliphatic heterocycles. The van der Waals surface area contributed by atoms with E-state index in [2.05, 4.69) is 9.97 Å². The van der Waals surface area contributed by atoms with Crippen LogP contribution in [0.1, 0.15) is 12.8 Å². The highest BCUT2D eigenvalue weighted by molar-refractivity contribution is 7.90. The lowest BCUT2D eigenvalue weighted by Crippen LogP contribution is -2.40. The Hall–Kier alpha value is -2.19. The first-order valence-corrected chi connectivity index (χ1v) is 9.63. The summed E-state index contributed by atoms with van der Waals surface area (Å²) < 4.78 is 29.5. The second-order valence-corrected chi connectivity index (χ2v) is 7.77.